The third kappa shape index (κ3) is 6.07. The van der Waals surface area contributed by atoms with Crippen molar-refractivity contribution < 1.29 is 19.1 Å². The molecule has 1 rings (SSSR count). The summed E-state index contributed by atoms with van der Waals surface area (Å²) in [6, 6.07) is 6.31. The van der Waals surface area contributed by atoms with Crippen molar-refractivity contribution in [3.05, 3.63) is 29.8 Å². The van der Waals surface area contributed by atoms with Gasteiger partial charge in [-0.2, -0.15) is 0 Å². The zero-order valence-corrected chi connectivity index (χ0v) is 12.3. The van der Waals surface area contributed by atoms with Crippen molar-refractivity contribution in [2.45, 2.75) is 26.2 Å². The zero-order chi connectivity index (χ0) is 15.7. The fourth-order valence-corrected chi connectivity index (χ4v) is 1.62. The summed E-state index contributed by atoms with van der Waals surface area (Å²) in [4.78, 5) is 34.3. The van der Waals surface area contributed by atoms with E-state index in [1.54, 1.807) is 24.3 Å². The molecule has 6 nitrogen and oxygen atoms in total. The number of carbonyl (C=O) groups excluding carboxylic acids is 3. The molecule has 0 radical (unpaired) electrons. The highest BCUT2D eigenvalue weighted by atomic mass is 16.5. The van der Waals surface area contributed by atoms with Gasteiger partial charge in [0.15, 0.2) is 0 Å². The third-order valence-electron chi connectivity index (χ3n) is 2.79. The molecular weight excluding hydrogens is 272 g/mol. The van der Waals surface area contributed by atoms with Crippen LogP contribution in [-0.4, -0.2) is 31.4 Å². The maximum atomic E-state index is 11.6. The van der Waals surface area contributed by atoms with Crippen LogP contribution in [0.2, 0.25) is 0 Å². The third-order valence-corrected chi connectivity index (χ3v) is 2.79. The number of hydrogen-bond donors (Lipinski definition) is 2. The maximum Gasteiger partial charge on any atom is 0.337 e. The lowest BCUT2D eigenvalue weighted by atomic mass is 10.2. The molecule has 0 spiro atoms. The van der Waals surface area contributed by atoms with E-state index in [9.17, 15) is 14.4 Å². The van der Waals surface area contributed by atoms with Crippen molar-refractivity contribution in [2.75, 3.05) is 19.0 Å². The SMILES string of the molecule is CCCCC(=O)NCC(=O)Nc1ccc(C(=O)OC)cc1. The Kier molecular flexibility index (Phi) is 6.94. The first-order valence-corrected chi connectivity index (χ1v) is 6.81. The van der Waals surface area contributed by atoms with E-state index in [1.165, 1.54) is 7.11 Å². The molecule has 0 heterocycles. The Hall–Kier alpha value is -2.37. The first-order valence-electron chi connectivity index (χ1n) is 6.81. The van der Waals surface area contributed by atoms with Gasteiger partial charge in [-0.1, -0.05) is 13.3 Å². The minimum atomic E-state index is -0.434. The number of anilines is 1. The Bertz CT molecular complexity index is 497. The average molecular weight is 292 g/mol. The fraction of sp³-hybridized carbons (Fsp3) is 0.400. The van der Waals surface area contributed by atoms with Crippen LogP contribution in [-0.2, 0) is 14.3 Å². The van der Waals surface area contributed by atoms with E-state index < -0.39 is 5.97 Å². The molecule has 2 N–H and O–H groups in total. The van der Waals surface area contributed by atoms with E-state index in [-0.39, 0.29) is 18.4 Å². The molecule has 6 heteroatoms. The highest BCUT2D eigenvalue weighted by Crippen LogP contribution is 2.10. The van der Waals surface area contributed by atoms with Gasteiger partial charge in [-0.15, -0.1) is 0 Å². The summed E-state index contributed by atoms with van der Waals surface area (Å²) < 4.78 is 4.58. The van der Waals surface area contributed by atoms with Gasteiger partial charge in [0.2, 0.25) is 11.8 Å². The molecule has 0 fully saturated rings. The molecule has 21 heavy (non-hydrogen) atoms. The van der Waals surface area contributed by atoms with Gasteiger partial charge >= 0.3 is 5.97 Å². The van der Waals surface area contributed by atoms with Crippen LogP contribution in [0.4, 0.5) is 5.69 Å². The molecular formula is C15H20N2O4. The number of benzene rings is 1. The smallest absolute Gasteiger partial charge is 0.337 e. The van der Waals surface area contributed by atoms with Gasteiger partial charge < -0.3 is 15.4 Å². The molecule has 0 aliphatic rings. The number of ether oxygens (including phenoxy) is 1. The molecule has 2 amide bonds. The number of rotatable bonds is 7. The molecule has 0 bridgehead atoms. The molecule has 0 aliphatic heterocycles. The number of carbonyl (C=O) groups is 3. The molecule has 0 saturated heterocycles. The monoisotopic (exact) mass is 292 g/mol. The minimum Gasteiger partial charge on any atom is -0.465 e. The van der Waals surface area contributed by atoms with E-state index >= 15 is 0 Å². The summed E-state index contributed by atoms with van der Waals surface area (Å²) in [7, 11) is 1.30. The first-order chi connectivity index (χ1) is 10.1. The summed E-state index contributed by atoms with van der Waals surface area (Å²) in [5.74, 6) is -0.880. The quantitative estimate of drug-likeness (QED) is 0.749. The molecule has 1 aromatic carbocycles. The summed E-state index contributed by atoms with van der Waals surface area (Å²) in [5, 5.41) is 5.18. The van der Waals surface area contributed by atoms with E-state index in [0.717, 1.165) is 12.8 Å². The number of nitrogens with one attached hydrogen (secondary N) is 2. The lowest BCUT2D eigenvalue weighted by Gasteiger charge is -2.07. The van der Waals surface area contributed by atoms with E-state index in [1.807, 2.05) is 6.92 Å². The molecule has 0 aromatic heterocycles. The van der Waals surface area contributed by atoms with Crippen LogP contribution >= 0.6 is 0 Å². The van der Waals surface area contributed by atoms with Gasteiger partial charge in [0.25, 0.3) is 0 Å². The number of hydrogen-bond acceptors (Lipinski definition) is 4. The highest BCUT2D eigenvalue weighted by Gasteiger charge is 2.07. The largest absolute Gasteiger partial charge is 0.465 e. The topological polar surface area (TPSA) is 84.5 Å². The molecule has 114 valence electrons. The fourth-order valence-electron chi connectivity index (χ4n) is 1.62. The second kappa shape index (κ2) is 8.73. The van der Waals surface area contributed by atoms with Gasteiger partial charge in [0.05, 0.1) is 19.2 Å². The maximum absolute atomic E-state index is 11.6. The molecule has 0 aliphatic carbocycles. The number of amides is 2. The number of methoxy groups -OCH3 is 1. The van der Waals surface area contributed by atoms with Crippen LogP contribution in [0, 0.1) is 0 Å². The Morgan fingerprint density at radius 2 is 1.76 bits per heavy atom. The van der Waals surface area contributed by atoms with Gasteiger partial charge in [-0.25, -0.2) is 4.79 Å². The van der Waals surface area contributed by atoms with Crippen LogP contribution in [0.25, 0.3) is 0 Å². The van der Waals surface area contributed by atoms with E-state index in [0.29, 0.717) is 17.7 Å². The zero-order valence-electron chi connectivity index (χ0n) is 12.3. The predicted molar refractivity (Wildman–Crippen MR) is 78.9 cm³/mol. The standard InChI is InChI=1S/C15H20N2O4/c1-3-4-5-13(18)16-10-14(19)17-12-8-6-11(7-9-12)15(20)21-2/h6-9H,3-5,10H2,1-2H3,(H,16,18)(H,17,19). The van der Waals surface area contributed by atoms with Gasteiger partial charge in [-0.05, 0) is 30.7 Å². The normalized spacial score (nSPS) is 9.81. The van der Waals surface area contributed by atoms with Crippen molar-refractivity contribution in [2.24, 2.45) is 0 Å². The number of esters is 1. The van der Waals surface area contributed by atoms with E-state index in [2.05, 4.69) is 15.4 Å². The van der Waals surface area contributed by atoms with Gasteiger partial charge in [0, 0.05) is 12.1 Å². The van der Waals surface area contributed by atoms with E-state index in [4.69, 9.17) is 0 Å². The minimum absolute atomic E-state index is 0.0682. The Labute approximate surface area is 123 Å². The second-order valence-electron chi connectivity index (χ2n) is 4.50. The van der Waals surface area contributed by atoms with Crippen LogP contribution in [0.15, 0.2) is 24.3 Å². The lowest BCUT2D eigenvalue weighted by molar-refractivity contribution is -0.124. The Balaban J connectivity index is 2.41. The van der Waals surface area contributed by atoms with Gasteiger partial charge in [-0.3, -0.25) is 9.59 Å². The van der Waals surface area contributed by atoms with Crippen molar-refractivity contribution in [3.63, 3.8) is 0 Å². The van der Waals surface area contributed by atoms with Crippen molar-refractivity contribution in [1.82, 2.24) is 5.32 Å². The molecule has 0 atom stereocenters. The Morgan fingerprint density at radius 3 is 2.33 bits per heavy atom. The average Bonchev–Trinajstić information content (AvgIpc) is 2.50. The second-order valence-corrected chi connectivity index (χ2v) is 4.50. The number of unbranched alkanes of at least 4 members (excludes halogenated alkanes) is 1. The first kappa shape index (κ1) is 16.7. The van der Waals surface area contributed by atoms with Crippen LogP contribution in [0.3, 0.4) is 0 Å². The summed E-state index contributed by atoms with van der Waals surface area (Å²) in [6.45, 7) is 1.93. The van der Waals surface area contributed by atoms with Crippen molar-refractivity contribution in [3.8, 4) is 0 Å². The van der Waals surface area contributed by atoms with Crippen LogP contribution in [0.1, 0.15) is 36.5 Å². The van der Waals surface area contributed by atoms with Crippen molar-refractivity contribution in [1.29, 1.82) is 0 Å². The highest BCUT2D eigenvalue weighted by molar-refractivity contribution is 5.95. The summed E-state index contributed by atoms with van der Waals surface area (Å²) >= 11 is 0. The summed E-state index contributed by atoms with van der Waals surface area (Å²) in [5.41, 5.74) is 0.957. The summed E-state index contributed by atoms with van der Waals surface area (Å²) in [6.07, 6.45) is 2.17. The molecule has 1 aromatic rings. The van der Waals surface area contributed by atoms with Gasteiger partial charge in [0.1, 0.15) is 0 Å². The van der Waals surface area contributed by atoms with Crippen molar-refractivity contribution >= 4 is 23.5 Å². The predicted octanol–water partition coefficient (Wildman–Crippen LogP) is 1.72. The molecule has 0 unspecified atom stereocenters. The van der Waals surface area contributed by atoms with Crippen LogP contribution in [0.5, 0.6) is 0 Å². The van der Waals surface area contributed by atoms with Crippen LogP contribution < -0.4 is 10.6 Å². The lowest BCUT2D eigenvalue weighted by Crippen LogP contribution is -2.32. The Morgan fingerprint density at radius 1 is 1.10 bits per heavy atom. The molecule has 0 saturated carbocycles.